The normalized spacial score (nSPS) is 14.5. The molecule has 554 valence electrons. The molecule has 0 aliphatic rings. The summed E-state index contributed by atoms with van der Waals surface area (Å²) in [7, 11) is -9.95. The molecule has 0 rings (SSSR count). The molecular formula is C77H134O17P2. The van der Waals surface area contributed by atoms with Crippen molar-refractivity contribution in [2.45, 2.75) is 329 Å². The number of phosphoric acid groups is 2. The lowest BCUT2D eigenvalue weighted by molar-refractivity contribution is -0.161. The Balaban J connectivity index is 5.32. The first kappa shape index (κ1) is 92.0. The smallest absolute Gasteiger partial charge is 0.462 e. The lowest BCUT2D eigenvalue weighted by atomic mass is 10.1. The van der Waals surface area contributed by atoms with Crippen molar-refractivity contribution in [3.63, 3.8) is 0 Å². The van der Waals surface area contributed by atoms with Crippen LogP contribution in [-0.2, 0) is 65.4 Å². The first-order valence-corrected chi connectivity index (χ1v) is 40.5. The second-order valence-corrected chi connectivity index (χ2v) is 27.8. The molecular weight excluding hydrogens is 1260 g/mol. The summed E-state index contributed by atoms with van der Waals surface area (Å²) in [5.41, 5.74) is 0. The standard InChI is InChI=1S/C77H134O17P2/c1-5-9-13-17-21-25-29-31-33-34-35-36-38-40-44-46-50-54-58-62-75(80)88-68-73(94-77(82)64-60-56-52-48-42-28-24-20-16-12-8-4)70-92-96(85,86)90-66-71(78)65-89-95(83,84)91-69-72(93-76(81)63-59-55-51-47-41-27-23-19-15-11-7-3)67-87-74(79)61-57-53-49-45-43-39-37-32-30-26-22-18-14-10-6-2/h9,13,20-22,24-26,31-33,35-37,40,44,71-73,78H,5-8,10-12,14-19,23,27-30,34,38-39,41-43,45-70H2,1-4H3,(H,83,84)(H,85,86)/b13-9-,24-20-,25-21-,26-22-,33-31-,36-35-,37-32-,44-40-. The third-order valence-electron chi connectivity index (χ3n) is 15.5. The molecule has 17 nitrogen and oxygen atoms in total. The fourth-order valence-electron chi connectivity index (χ4n) is 9.79. The molecule has 0 aromatic carbocycles. The van der Waals surface area contributed by atoms with Crippen molar-refractivity contribution in [3.05, 3.63) is 97.2 Å². The zero-order valence-corrected chi connectivity index (χ0v) is 62.1. The highest BCUT2D eigenvalue weighted by Crippen LogP contribution is 2.45. The fourth-order valence-corrected chi connectivity index (χ4v) is 11.4. The van der Waals surface area contributed by atoms with Gasteiger partial charge in [-0.3, -0.25) is 37.3 Å². The van der Waals surface area contributed by atoms with Gasteiger partial charge >= 0.3 is 39.5 Å². The highest BCUT2D eigenvalue weighted by Gasteiger charge is 2.30. The Labute approximate surface area is 582 Å². The Morgan fingerprint density at radius 2 is 0.552 bits per heavy atom. The van der Waals surface area contributed by atoms with E-state index < -0.39 is 97.5 Å². The minimum absolute atomic E-state index is 0.0765. The van der Waals surface area contributed by atoms with E-state index in [1.54, 1.807) is 0 Å². The maximum absolute atomic E-state index is 13.0. The minimum Gasteiger partial charge on any atom is -0.462 e. The molecule has 0 heterocycles. The summed E-state index contributed by atoms with van der Waals surface area (Å²) in [5.74, 6) is -2.23. The summed E-state index contributed by atoms with van der Waals surface area (Å²) in [6.07, 6.45) is 71.2. The second kappa shape index (κ2) is 69.5. The summed E-state index contributed by atoms with van der Waals surface area (Å²) < 4.78 is 68.3. The van der Waals surface area contributed by atoms with Crippen molar-refractivity contribution in [2.24, 2.45) is 0 Å². The van der Waals surface area contributed by atoms with Crippen LogP contribution in [0.5, 0.6) is 0 Å². The summed E-state index contributed by atoms with van der Waals surface area (Å²) in [4.78, 5) is 72.7. The van der Waals surface area contributed by atoms with E-state index in [1.807, 2.05) is 0 Å². The molecule has 5 atom stereocenters. The molecule has 0 aliphatic carbocycles. The molecule has 5 unspecified atom stereocenters. The van der Waals surface area contributed by atoms with Crippen LogP contribution in [-0.4, -0.2) is 96.7 Å². The number of phosphoric ester groups is 2. The second-order valence-electron chi connectivity index (χ2n) is 24.9. The zero-order chi connectivity index (χ0) is 70.4. The molecule has 0 saturated heterocycles. The molecule has 0 saturated carbocycles. The molecule has 96 heavy (non-hydrogen) atoms. The van der Waals surface area contributed by atoms with Crippen molar-refractivity contribution >= 4 is 39.5 Å². The minimum atomic E-state index is -4.98. The summed E-state index contributed by atoms with van der Waals surface area (Å²) in [5, 5.41) is 10.6. The van der Waals surface area contributed by atoms with Crippen LogP contribution >= 0.6 is 15.6 Å². The predicted octanol–water partition coefficient (Wildman–Crippen LogP) is 21.2. The molecule has 0 bridgehead atoms. The number of allylic oxidation sites excluding steroid dienone is 16. The van der Waals surface area contributed by atoms with E-state index in [4.69, 9.17) is 37.0 Å². The first-order valence-electron chi connectivity index (χ1n) is 37.5. The third-order valence-corrected chi connectivity index (χ3v) is 17.4. The maximum Gasteiger partial charge on any atom is 0.472 e. The van der Waals surface area contributed by atoms with Crippen LogP contribution in [0.2, 0.25) is 0 Å². The van der Waals surface area contributed by atoms with Gasteiger partial charge in [-0.25, -0.2) is 9.13 Å². The Morgan fingerprint density at radius 3 is 0.906 bits per heavy atom. The van der Waals surface area contributed by atoms with Crippen LogP contribution in [0.1, 0.15) is 310 Å². The van der Waals surface area contributed by atoms with Gasteiger partial charge in [-0.1, -0.05) is 260 Å². The highest BCUT2D eigenvalue weighted by molar-refractivity contribution is 7.47. The number of carbonyl (C=O) groups is 4. The Kier molecular flexibility index (Phi) is 66.6. The fraction of sp³-hybridized carbons (Fsp3) is 0.740. The van der Waals surface area contributed by atoms with Gasteiger partial charge < -0.3 is 33.8 Å². The van der Waals surface area contributed by atoms with Gasteiger partial charge in [-0.15, -0.1) is 0 Å². The van der Waals surface area contributed by atoms with Gasteiger partial charge in [0.1, 0.15) is 19.3 Å². The number of hydrogen-bond acceptors (Lipinski definition) is 15. The number of hydrogen-bond donors (Lipinski definition) is 3. The number of esters is 4. The van der Waals surface area contributed by atoms with E-state index in [1.165, 1.54) is 70.6 Å². The van der Waals surface area contributed by atoms with Gasteiger partial charge in [0.2, 0.25) is 0 Å². The number of ether oxygens (including phenoxy) is 4. The maximum atomic E-state index is 13.0. The van der Waals surface area contributed by atoms with E-state index >= 15 is 0 Å². The van der Waals surface area contributed by atoms with Crippen LogP contribution in [0.25, 0.3) is 0 Å². The molecule has 0 aromatic heterocycles. The van der Waals surface area contributed by atoms with Crippen molar-refractivity contribution in [3.8, 4) is 0 Å². The van der Waals surface area contributed by atoms with Gasteiger partial charge in [0.15, 0.2) is 12.2 Å². The lowest BCUT2D eigenvalue weighted by Gasteiger charge is -2.21. The first-order chi connectivity index (χ1) is 46.7. The number of carbonyl (C=O) groups excluding carboxylic acids is 4. The predicted molar refractivity (Wildman–Crippen MR) is 390 cm³/mol. The largest absolute Gasteiger partial charge is 0.472 e. The van der Waals surface area contributed by atoms with Crippen LogP contribution in [0.3, 0.4) is 0 Å². The van der Waals surface area contributed by atoms with E-state index in [-0.39, 0.29) is 25.7 Å². The quantitative estimate of drug-likeness (QED) is 0.0169. The van der Waals surface area contributed by atoms with Crippen LogP contribution in [0, 0.1) is 0 Å². The summed E-state index contributed by atoms with van der Waals surface area (Å²) in [6, 6.07) is 0. The van der Waals surface area contributed by atoms with Crippen LogP contribution < -0.4 is 0 Å². The Bertz CT molecular complexity index is 2200. The van der Waals surface area contributed by atoms with Gasteiger partial charge in [0.25, 0.3) is 0 Å². The number of aliphatic hydroxyl groups is 1. The molecule has 0 aromatic rings. The Morgan fingerprint density at radius 1 is 0.302 bits per heavy atom. The molecule has 0 fully saturated rings. The third kappa shape index (κ3) is 68.5. The molecule has 0 radical (unpaired) electrons. The zero-order valence-electron chi connectivity index (χ0n) is 60.3. The van der Waals surface area contributed by atoms with E-state index in [0.717, 1.165) is 161 Å². The summed E-state index contributed by atoms with van der Waals surface area (Å²) >= 11 is 0. The van der Waals surface area contributed by atoms with Gasteiger partial charge in [-0.2, -0.15) is 0 Å². The SMILES string of the molecule is CC/C=C\C/C=C\C/C=C\C/C=C\C/C=C\CCCCCC(=O)OCC(COP(=O)(O)OCC(O)COP(=O)(O)OCC(COC(=O)CCCCCCC/C=C\C/C=C\CCCCC)OC(=O)CCCCCCCCCCCCC)OC(=O)CCCCCCC/C=C\CCCC. The highest BCUT2D eigenvalue weighted by atomic mass is 31.2. The van der Waals surface area contributed by atoms with Gasteiger partial charge in [0.05, 0.1) is 26.4 Å². The van der Waals surface area contributed by atoms with Crippen molar-refractivity contribution in [2.75, 3.05) is 39.6 Å². The average Bonchev–Trinajstić information content (AvgIpc) is 1.15. The molecule has 0 aliphatic heterocycles. The van der Waals surface area contributed by atoms with E-state index in [2.05, 4.69) is 125 Å². The average molecular weight is 1390 g/mol. The topological polar surface area (TPSA) is 237 Å². The van der Waals surface area contributed by atoms with E-state index in [9.17, 15) is 43.2 Å². The number of rotatable bonds is 70. The molecule has 0 spiro atoms. The molecule has 0 amide bonds. The molecule has 19 heteroatoms. The Hall–Kier alpha value is -4.02. The van der Waals surface area contributed by atoms with Crippen molar-refractivity contribution in [1.29, 1.82) is 0 Å². The number of unbranched alkanes of at least 4 members (excludes halogenated alkanes) is 28. The lowest BCUT2D eigenvalue weighted by Crippen LogP contribution is -2.30. The van der Waals surface area contributed by atoms with Crippen LogP contribution in [0.4, 0.5) is 0 Å². The van der Waals surface area contributed by atoms with Crippen LogP contribution in [0.15, 0.2) is 97.2 Å². The van der Waals surface area contributed by atoms with E-state index in [0.29, 0.717) is 25.7 Å². The number of aliphatic hydroxyl groups excluding tert-OH is 1. The van der Waals surface area contributed by atoms with Crippen molar-refractivity contribution < 1.29 is 80.2 Å². The van der Waals surface area contributed by atoms with Crippen molar-refractivity contribution in [1.82, 2.24) is 0 Å². The van der Waals surface area contributed by atoms with Gasteiger partial charge in [-0.05, 0) is 122 Å². The summed E-state index contributed by atoms with van der Waals surface area (Å²) in [6.45, 7) is 4.63. The monoisotopic (exact) mass is 1390 g/mol. The van der Waals surface area contributed by atoms with Gasteiger partial charge in [0, 0.05) is 25.7 Å². The molecule has 3 N–H and O–H groups in total.